The molecule has 0 aliphatic carbocycles. The monoisotopic (exact) mass is 701 g/mol. The van der Waals surface area contributed by atoms with Crippen molar-refractivity contribution in [2.75, 3.05) is 85.1 Å². The lowest BCUT2D eigenvalue weighted by Crippen LogP contribution is -2.49. The van der Waals surface area contributed by atoms with Crippen LogP contribution in [0.1, 0.15) is 18.4 Å². The number of carbonyl (C=O) groups is 5. The number of amides is 2. The highest BCUT2D eigenvalue weighted by atomic mass is 16.6. The Hall–Kier alpha value is -4.45. The molecule has 50 heavy (non-hydrogen) atoms. The minimum Gasteiger partial charge on any atom is -0.480 e. The number of hydroxylamine groups is 1. The number of rotatable bonds is 19. The van der Waals surface area contributed by atoms with Crippen molar-refractivity contribution in [3.63, 3.8) is 0 Å². The second-order valence-electron chi connectivity index (χ2n) is 11.9. The quantitative estimate of drug-likeness (QED) is 0.0800. The number of nitrogens with zero attached hydrogens (tertiary/aromatic N) is 4. The topological polar surface area (TPSA) is 218 Å². The molecule has 0 saturated carbocycles. The third kappa shape index (κ3) is 18.9. The Bertz CT molecular complexity index is 1280. The van der Waals surface area contributed by atoms with Crippen LogP contribution in [0.5, 0.6) is 0 Å². The van der Waals surface area contributed by atoms with Crippen molar-refractivity contribution < 1.29 is 44.1 Å². The van der Waals surface area contributed by atoms with Crippen LogP contribution < -0.4 is 16.5 Å². The summed E-state index contributed by atoms with van der Waals surface area (Å²) in [7, 11) is 0. The molecule has 1 aliphatic heterocycles. The highest BCUT2D eigenvalue weighted by Crippen LogP contribution is 2.05. The SMILES string of the molecule is C=C/C=C(\C=C/CC[C@H](N)C(=O)NOCc1ccccc1)CNC(=O)CN1CCN(CC(=O)O)CCN(CC(=O)O)CCN(CC(=O)O)CC1. The van der Waals surface area contributed by atoms with E-state index in [9.17, 15) is 39.3 Å². The van der Waals surface area contributed by atoms with E-state index < -0.39 is 29.9 Å². The number of hydrogen-bond acceptors (Lipinski definition) is 11. The van der Waals surface area contributed by atoms with Crippen LogP contribution in [0.15, 0.2) is 66.8 Å². The standard InChI is InChI=1S/C34H51N7O9/c1-2-8-27(9-6-7-12-29(35)34(49)37-50-26-28-10-4-3-5-11-28)21-36-30(42)22-38-13-15-39(23-31(43)44)17-19-41(25-33(47)48)20-18-40(16-14-38)24-32(45)46/h2-6,8-11,29H,1,7,12-26,35H2,(H,36,42)(H,37,49)(H,43,44)(H,45,46)(H,47,48)/b9-6-,27-8+/t29-/m0/s1. The predicted octanol–water partition coefficient (Wildman–Crippen LogP) is -0.398. The maximum atomic E-state index is 13.0. The molecule has 1 fully saturated rings. The Kier molecular flexibility index (Phi) is 19.9. The van der Waals surface area contributed by atoms with Crippen LogP contribution in [0.25, 0.3) is 0 Å². The Labute approximate surface area is 292 Å². The van der Waals surface area contributed by atoms with Crippen molar-refractivity contribution in [3.05, 3.63) is 72.4 Å². The molecule has 0 unspecified atom stereocenters. The van der Waals surface area contributed by atoms with Crippen LogP contribution in [0.4, 0.5) is 0 Å². The lowest BCUT2D eigenvalue weighted by molar-refractivity contribution is -0.140. The second kappa shape index (κ2) is 23.8. The van der Waals surface area contributed by atoms with Crippen LogP contribution in [0, 0.1) is 0 Å². The lowest BCUT2D eigenvalue weighted by atomic mass is 10.1. The molecule has 276 valence electrons. The molecule has 0 bridgehead atoms. The fourth-order valence-corrected chi connectivity index (χ4v) is 5.05. The fourth-order valence-electron chi connectivity index (χ4n) is 5.05. The first-order valence-corrected chi connectivity index (χ1v) is 16.5. The number of carbonyl (C=O) groups excluding carboxylic acids is 2. The molecular formula is C34H51N7O9. The van der Waals surface area contributed by atoms with Gasteiger partial charge in [0.1, 0.15) is 0 Å². The van der Waals surface area contributed by atoms with Gasteiger partial charge in [-0.3, -0.25) is 48.4 Å². The highest BCUT2D eigenvalue weighted by molar-refractivity contribution is 5.80. The van der Waals surface area contributed by atoms with Gasteiger partial charge in [-0.1, -0.05) is 61.2 Å². The summed E-state index contributed by atoms with van der Waals surface area (Å²) in [4.78, 5) is 71.9. The number of carboxylic acids is 3. The van der Waals surface area contributed by atoms with E-state index in [4.69, 9.17) is 10.6 Å². The normalized spacial score (nSPS) is 16.9. The van der Waals surface area contributed by atoms with Crippen molar-refractivity contribution in [1.29, 1.82) is 0 Å². The zero-order chi connectivity index (χ0) is 36.7. The third-order valence-corrected chi connectivity index (χ3v) is 7.76. The van der Waals surface area contributed by atoms with Gasteiger partial charge < -0.3 is 26.4 Å². The van der Waals surface area contributed by atoms with Crippen LogP contribution in [-0.2, 0) is 35.4 Å². The maximum absolute atomic E-state index is 13.0. The largest absolute Gasteiger partial charge is 0.480 e. The van der Waals surface area contributed by atoms with Crippen LogP contribution in [-0.4, -0.2) is 156 Å². The van der Waals surface area contributed by atoms with Crippen LogP contribution in [0.2, 0.25) is 0 Å². The van der Waals surface area contributed by atoms with Crippen molar-refractivity contribution in [2.45, 2.75) is 25.5 Å². The summed E-state index contributed by atoms with van der Waals surface area (Å²) in [6.45, 7) is 5.85. The molecule has 16 heteroatoms. The average molecular weight is 702 g/mol. The Balaban J connectivity index is 1.92. The van der Waals surface area contributed by atoms with Gasteiger partial charge in [-0.15, -0.1) is 0 Å². The number of benzene rings is 1. The summed E-state index contributed by atoms with van der Waals surface area (Å²) in [5.41, 5.74) is 10.0. The zero-order valence-corrected chi connectivity index (χ0v) is 28.5. The van der Waals surface area contributed by atoms with E-state index in [2.05, 4.69) is 17.4 Å². The summed E-state index contributed by atoms with van der Waals surface area (Å²) in [5.74, 6) is -3.78. The lowest BCUT2D eigenvalue weighted by Gasteiger charge is -2.32. The van der Waals surface area contributed by atoms with E-state index in [1.165, 1.54) is 0 Å². The molecule has 0 spiro atoms. The maximum Gasteiger partial charge on any atom is 0.317 e. The van der Waals surface area contributed by atoms with Gasteiger partial charge in [0, 0.05) is 58.9 Å². The summed E-state index contributed by atoms with van der Waals surface area (Å²) in [6.07, 6.45) is 7.87. The van der Waals surface area contributed by atoms with E-state index in [1.54, 1.807) is 26.9 Å². The predicted molar refractivity (Wildman–Crippen MR) is 186 cm³/mol. The third-order valence-electron chi connectivity index (χ3n) is 7.76. The van der Waals surface area contributed by atoms with E-state index in [1.807, 2.05) is 47.4 Å². The molecule has 1 saturated heterocycles. The molecule has 2 rings (SSSR count). The van der Waals surface area contributed by atoms with Crippen molar-refractivity contribution in [1.82, 2.24) is 30.4 Å². The van der Waals surface area contributed by atoms with Crippen molar-refractivity contribution >= 4 is 29.7 Å². The van der Waals surface area contributed by atoms with E-state index in [0.717, 1.165) is 11.1 Å². The molecule has 2 amide bonds. The molecule has 16 nitrogen and oxygen atoms in total. The average Bonchev–Trinajstić information content (AvgIpc) is 3.06. The van der Waals surface area contributed by atoms with Gasteiger partial charge in [-0.05, 0) is 24.0 Å². The number of hydrogen-bond donors (Lipinski definition) is 6. The number of nitrogens with two attached hydrogens (primary N) is 1. The van der Waals surface area contributed by atoms with Crippen molar-refractivity contribution in [3.8, 4) is 0 Å². The Morgan fingerprint density at radius 3 is 1.74 bits per heavy atom. The van der Waals surface area contributed by atoms with Gasteiger partial charge in [-0.25, -0.2) is 5.48 Å². The molecule has 7 N–H and O–H groups in total. The minimum absolute atomic E-state index is 0.00560. The molecular weight excluding hydrogens is 650 g/mol. The van der Waals surface area contributed by atoms with Crippen LogP contribution >= 0.6 is 0 Å². The number of carboxylic acid groups (broad SMARTS) is 3. The van der Waals surface area contributed by atoms with Gasteiger partial charge in [0.15, 0.2) is 0 Å². The van der Waals surface area contributed by atoms with Gasteiger partial charge in [0.2, 0.25) is 5.91 Å². The molecule has 1 aliphatic rings. The first-order valence-electron chi connectivity index (χ1n) is 16.5. The van der Waals surface area contributed by atoms with Crippen molar-refractivity contribution in [2.24, 2.45) is 5.73 Å². The molecule has 1 atom stereocenters. The van der Waals surface area contributed by atoms with E-state index >= 15 is 0 Å². The van der Waals surface area contributed by atoms with Gasteiger partial charge in [0.05, 0.1) is 38.8 Å². The van der Waals surface area contributed by atoms with E-state index in [-0.39, 0.29) is 71.4 Å². The first-order chi connectivity index (χ1) is 23.9. The second-order valence-corrected chi connectivity index (χ2v) is 11.9. The van der Waals surface area contributed by atoms with Gasteiger partial charge in [-0.2, -0.15) is 0 Å². The number of aliphatic carboxylic acids is 3. The zero-order valence-electron chi connectivity index (χ0n) is 28.5. The molecule has 1 aromatic rings. The van der Waals surface area contributed by atoms with Gasteiger partial charge in [0.25, 0.3) is 5.91 Å². The molecule has 0 radical (unpaired) electrons. The molecule has 0 aromatic heterocycles. The summed E-state index contributed by atoms with van der Waals surface area (Å²) in [6, 6.07) is 8.62. The molecule has 1 aromatic carbocycles. The van der Waals surface area contributed by atoms with Gasteiger partial charge >= 0.3 is 17.9 Å². The highest BCUT2D eigenvalue weighted by Gasteiger charge is 2.21. The first kappa shape index (κ1) is 41.7. The smallest absolute Gasteiger partial charge is 0.317 e. The minimum atomic E-state index is -1.03. The van der Waals surface area contributed by atoms with E-state index in [0.29, 0.717) is 39.0 Å². The fraction of sp³-hybridized carbons (Fsp3) is 0.500. The summed E-state index contributed by atoms with van der Waals surface area (Å²) < 4.78 is 0. The summed E-state index contributed by atoms with van der Waals surface area (Å²) >= 11 is 0. The summed E-state index contributed by atoms with van der Waals surface area (Å²) in [5, 5.41) is 31.0. The molecule has 1 heterocycles. The Morgan fingerprint density at radius 2 is 1.28 bits per heavy atom. The van der Waals surface area contributed by atoms with Crippen LogP contribution in [0.3, 0.4) is 0 Å². The number of nitrogens with one attached hydrogen (secondary N) is 2. The number of allylic oxidation sites excluding steroid dienone is 3. The Morgan fingerprint density at radius 1 is 0.800 bits per heavy atom.